The van der Waals surface area contributed by atoms with E-state index in [0.29, 0.717) is 0 Å². The molecule has 0 amide bonds. The second-order valence-corrected chi connectivity index (χ2v) is 9.89. The highest BCUT2D eigenvalue weighted by molar-refractivity contribution is 7.25. The molecule has 0 saturated heterocycles. The molecule has 0 saturated carbocycles. The maximum absolute atomic E-state index is 6.26. The molecule has 1 nitrogen and oxygen atoms in total. The molecule has 0 unspecified atom stereocenters. The highest BCUT2D eigenvalue weighted by Gasteiger charge is 2.14. The Balaban J connectivity index is 1.55. The van der Waals surface area contributed by atoms with Gasteiger partial charge in [-0.3, -0.25) is 0 Å². The first-order chi connectivity index (χ1) is 16.3. The summed E-state index contributed by atoms with van der Waals surface area (Å²) in [4.78, 5) is 0. The van der Waals surface area contributed by atoms with E-state index in [1.807, 2.05) is 6.07 Å². The summed E-state index contributed by atoms with van der Waals surface area (Å²) in [5.74, 6) is 0. The van der Waals surface area contributed by atoms with Gasteiger partial charge in [0, 0.05) is 41.7 Å². The fourth-order valence-electron chi connectivity index (χ4n) is 4.94. The molecule has 0 aliphatic carbocycles. The molecule has 0 aliphatic rings. The average Bonchev–Trinajstić information content (AvgIpc) is 3.38. The topological polar surface area (TPSA) is 4.93 Å². The van der Waals surface area contributed by atoms with Crippen molar-refractivity contribution in [3.8, 4) is 16.8 Å². The molecular formula is C30H18ClNS. The molecule has 3 heteroatoms. The molecule has 0 N–H and O–H groups in total. The summed E-state index contributed by atoms with van der Waals surface area (Å²) in [6.07, 6.45) is 0. The Morgan fingerprint density at radius 2 is 1.30 bits per heavy atom. The Morgan fingerprint density at radius 1 is 0.515 bits per heavy atom. The third kappa shape index (κ3) is 2.92. The van der Waals surface area contributed by atoms with E-state index < -0.39 is 0 Å². The van der Waals surface area contributed by atoms with Crippen molar-refractivity contribution in [2.75, 3.05) is 0 Å². The zero-order chi connectivity index (χ0) is 21.9. The van der Waals surface area contributed by atoms with E-state index in [1.54, 1.807) is 11.3 Å². The lowest BCUT2D eigenvalue weighted by molar-refractivity contribution is 1.19. The minimum absolute atomic E-state index is 0.783. The molecule has 2 heterocycles. The Labute approximate surface area is 200 Å². The van der Waals surface area contributed by atoms with Crippen molar-refractivity contribution in [1.82, 2.24) is 4.57 Å². The number of halogens is 1. The summed E-state index contributed by atoms with van der Waals surface area (Å²) in [5, 5.41) is 5.85. The minimum Gasteiger partial charge on any atom is -0.309 e. The van der Waals surface area contributed by atoms with Crippen molar-refractivity contribution in [3.63, 3.8) is 0 Å². The van der Waals surface area contributed by atoms with E-state index in [1.165, 1.54) is 58.8 Å². The number of rotatable bonds is 2. The molecule has 0 atom stereocenters. The van der Waals surface area contributed by atoms with Crippen LogP contribution < -0.4 is 0 Å². The number of nitrogens with zero attached hydrogens (tertiary/aromatic N) is 1. The number of aromatic nitrogens is 1. The van der Waals surface area contributed by atoms with Gasteiger partial charge in [0.1, 0.15) is 0 Å². The van der Waals surface area contributed by atoms with Crippen LogP contribution in [0.15, 0.2) is 109 Å². The molecule has 5 aromatic carbocycles. The summed E-state index contributed by atoms with van der Waals surface area (Å²) >= 11 is 8.05. The first-order valence-corrected chi connectivity index (χ1v) is 12.2. The Hall–Kier alpha value is -3.59. The standard InChI is InChI=1S/C30H18ClNS/c31-21-11-14-25-26-18-22(12-15-29(26)33-30(25)17-21)32-27-9-5-4-8-23(27)24-13-10-20(16-28(24)32)19-6-2-1-3-7-19/h1-18H. The predicted octanol–water partition coefficient (Wildman–Crippen LogP) is 9.47. The van der Waals surface area contributed by atoms with Crippen molar-refractivity contribution >= 4 is 64.9 Å². The van der Waals surface area contributed by atoms with Crippen molar-refractivity contribution in [3.05, 3.63) is 114 Å². The number of para-hydroxylation sites is 1. The van der Waals surface area contributed by atoms with E-state index in [2.05, 4.69) is 108 Å². The van der Waals surface area contributed by atoms with E-state index in [-0.39, 0.29) is 0 Å². The van der Waals surface area contributed by atoms with E-state index >= 15 is 0 Å². The van der Waals surface area contributed by atoms with Crippen LogP contribution in [0, 0.1) is 0 Å². The number of fused-ring (bicyclic) bond motifs is 6. The van der Waals surface area contributed by atoms with Crippen LogP contribution in [0.3, 0.4) is 0 Å². The molecular weight excluding hydrogens is 442 g/mol. The van der Waals surface area contributed by atoms with Crippen LogP contribution in [0.2, 0.25) is 5.02 Å². The van der Waals surface area contributed by atoms with E-state index in [0.717, 1.165) is 5.02 Å². The van der Waals surface area contributed by atoms with Crippen LogP contribution in [0.25, 0.3) is 58.8 Å². The molecule has 0 fully saturated rings. The molecule has 0 aliphatic heterocycles. The Kier molecular flexibility index (Phi) is 4.14. The van der Waals surface area contributed by atoms with Crippen LogP contribution >= 0.6 is 22.9 Å². The maximum Gasteiger partial charge on any atom is 0.0547 e. The fraction of sp³-hybridized carbons (Fsp3) is 0. The molecule has 156 valence electrons. The van der Waals surface area contributed by atoms with E-state index in [4.69, 9.17) is 11.6 Å². The second kappa shape index (κ2) is 7.21. The normalized spacial score (nSPS) is 11.8. The van der Waals surface area contributed by atoms with Crippen LogP contribution in [0.1, 0.15) is 0 Å². The van der Waals surface area contributed by atoms with Gasteiger partial charge in [-0.15, -0.1) is 11.3 Å². The number of thiophene rings is 1. The van der Waals surface area contributed by atoms with Gasteiger partial charge in [0.2, 0.25) is 0 Å². The quantitative estimate of drug-likeness (QED) is 0.242. The molecule has 33 heavy (non-hydrogen) atoms. The van der Waals surface area contributed by atoms with Gasteiger partial charge in [-0.25, -0.2) is 0 Å². The smallest absolute Gasteiger partial charge is 0.0547 e. The van der Waals surface area contributed by atoms with Gasteiger partial charge < -0.3 is 4.57 Å². The molecule has 0 bridgehead atoms. The van der Waals surface area contributed by atoms with Crippen molar-refractivity contribution in [2.45, 2.75) is 0 Å². The van der Waals surface area contributed by atoms with Crippen LogP contribution in [0.4, 0.5) is 0 Å². The van der Waals surface area contributed by atoms with Crippen molar-refractivity contribution < 1.29 is 0 Å². The van der Waals surface area contributed by atoms with Gasteiger partial charge >= 0.3 is 0 Å². The van der Waals surface area contributed by atoms with Crippen molar-refractivity contribution in [1.29, 1.82) is 0 Å². The summed E-state index contributed by atoms with van der Waals surface area (Å²) in [7, 11) is 0. The minimum atomic E-state index is 0.783. The third-order valence-electron chi connectivity index (χ3n) is 6.46. The first kappa shape index (κ1) is 18.9. The fourth-order valence-corrected chi connectivity index (χ4v) is 6.30. The number of hydrogen-bond acceptors (Lipinski definition) is 1. The first-order valence-electron chi connectivity index (χ1n) is 11.0. The summed E-state index contributed by atoms with van der Waals surface area (Å²) < 4.78 is 4.90. The van der Waals surface area contributed by atoms with Crippen LogP contribution in [-0.2, 0) is 0 Å². The third-order valence-corrected chi connectivity index (χ3v) is 7.82. The Bertz CT molecular complexity index is 1830. The lowest BCUT2D eigenvalue weighted by Gasteiger charge is -2.09. The maximum atomic E-state index is 6.26. The van der Waals surface area contributed by atoms with Gasteiger partial charge in [-0.05, 0) is 53.6 Å². The summed E-state index contributed by atoms with van der Waals surface area (Å²) in [5.41, 5.74) is 6.07. The number of hydrogen-bond donors (Lipinski definition) is 0. The van der Waals surface area contributed by atoms with Crippen LogP contribution in [-0.4, -0.2) is 4.57 Å². The Morgan fingerprint density at radius 3 is 2.21 bits per heavy atom. The average molecular weight is 460 g/mol. The molecule has 7 aromatic rings. The zero-order valence-electron chi connectivity index (χ0n) is 17.6. The molecule has 7 rings (SSSR count). The van der Waals surface area contributed by atoms with Gasteiger partial charge in [0.15, 0.2) is 0 Å². The van der Waals surface area contributed by atoms with E-state index in [9.17, 15) is 0 Å². The van der Waals surface area contributed by atoms with Gasteiger partial charge in [0.05, 0.1) is 11.0 Å². The molecule has 0 radical (unpaired) electrons. The monoisotopic (exact) mass is 459 g/mol. The van der Waals surface area contributed by atoms with Crippen molar-refractivity contribution in [2.24, 2.45) is 0 Å². The number of benzene rings is 5. The van der Waals surface area contributed by atoms with Gasteiger partial charge in [-0.1, -0.05) is 78.3 Å². The predicted molar refractivity (Wildman–Crippen MR) is 144 cm³/mol. The van der Waals surface area contributed by atoms with Gasteiger partial charge in [0.25, 0.3) is 0 Å². The summed E-state index contributed by atoms with van der Waals surface area (Å²) in [6.45, 7) is 0. The summed E-state index contributed by atoms with van der Waals surface area (Å²) in [6, 6.07) is 39.1. The molecule has 2 aromatic heterocycles. The highest BCUT2D eigenvalue weighted by Crippen LogP contribution is 2.39. The lowest BCUT2D eigenvalue weighted by Crippen LogP contribution is -1.93. The second-order valence-electron chi connectivity index (χ2n) is 8.37. The van der Waals surface area contributed by atoms with Gasteiger partial charge in [-0.2, -0.15) is 0 Å². The highest BCUT2D eigenvalue weighted by atomic mass is 35.5. The molecule has 0 spiro atoms. The zero-order valence-corrected chi connectivity index (χ0v) is 19.2. The van der Waals surface area contributed by atoms with Crippen LogP contribution in [0.5, 0.6) is 0 Å². The lowest BCUT2D eigenvalue weighted by atomic mass is 10.0. The SMILES string of the molecule is Clc1ccc2c(c1)sc1ccc(-n3c4ccccc4c4ccc(-c5ccccc5)cc43)cc12. The largest absolute Gasteiger partial charge is 0.309 e.